The molecule has 0 aromatic carbocycles. The zero-order chi connectivity index (χ0) is 14.6. The van der Waals surface area contributed by atoms with Crippen molar-refractivity contribution < 1.29 is 5.11 Å². The third kappa shape index (κ3) is 4.06. The van der Waals surface area contributed by atoms with E-state index in [2.05, 4.69) is 30.5 Å². The number of hydrogen-bond acceptors (Lipinski definition) is 3. The van der Waals surface area contributed by atoms with Crippen molar-refractivity contribution in [2.75, 3.05) is 6.54 Å². The van der Waals surface area contributed by atoms with Crippen molar-refractivity contribution in [2.24, 2.45) is 7.05 Å². The highest BCUT2D eigenvalue weighted by Crippen LogP contribution is 2.26. The van der Waals surface area contributed by atoms with E-state index in [1.54, 1.807) is 0 Å². The van der Waals surface area contributed by atoms with Crippen molar-refractivity contribution >= 4 is 0 Å². The average molecular weight is 279 g/mol. The van der Waals surface area contributed by atoms with Crippen molar-refractivity contribution in [2.45, 2.75) is 70.4 Å². The molecule has 0 unspecified atom stereocenters. The molecule has 0 spiro atoms. The van der Waals surface area contributed by atoms with E-state index in [0.29, 0.717) is 12.5 Å². The van der Waals surface area contributed by atoms with Crippen LogP contribution in [0.4, 0.5) is 0 Å². The number of rotatable bonds is 5. The molecule has 2 rings (SSSR count). The molecule has 4 heteroatoms. The largest absolute Gasteiger partial charge is 0.389 e. The quantitative estimate of drug-likeness (QED) is 0.815. The number of aryl methyl sites for hydroxylation is 1. The van der Waals surface area contributed by atoms with Crippen LogP contribution in [0.2, 0.25) is 0 Å². The molecule has 114 valence electrons. The molecule has 0 aliphatic heterocycles. The van der Waals surface area contributed by atoms with Gasteiger partial charge in [0.25, 0.3) is 0 Å². The zero-order valence-corrected chi connectivity index (χ0v) is 13.2. The predicted octanol–water partition coefficient (Wildman–Crippen LogP) is 2.72. The zero-order valence-electron chi connectivity index (χ0n) is 13.2. The molecule has 2 N–H and O–H groups in total. The molecule has 0 atom stereocenters. The maximum absolute atomic E-state index is 10.6. The molecule has 0 saturated heterocycles. The summed E-state index contributed by atoms with van der Waals surface area (Å²) in [6.45, 7) is 5.83. The van der Waals surface area contributed by atoms with E-state index in [0.717, 1.165) is 37.9 Å². The van der Waals surface area contributed by atoms with Crippen molar-refractivity contribution in [3.63, 3.8) is 0 Å². The van der Waals surface area contributed by atoms with E-state index in [1.807, 2.05) is 11.7 Å². The Bertz CT molecular complexity index is 417. The lowest BCUT2D eigenvalue weighted by molar-refractivity contribution is 0.0250. The summed E-state index contributed by atoms with van der Waals surface area (Å²) in [5.74, 6) is 0.439. The normalized spacial score (nSPS) is 19.2. The maximum atomic E-state index is 10.6. The van der Waals surface area contributed by atoms with Gasteiger partial charge in [-0.25, -0.2) is 0 Å². The van der Waals surface area contributed by atoms with Crippen LogP contribution in [0.1, 0.15) is 69.5 Å². The summed E-state index contributed by atoms with van der Waals surface area (Å²) in [5.41, 5.74) is 1.91. The first-order chi connectivity index (χ1) is 9.50. The Morgan fingerprint density at radius 1 is 1.30 bits per heavy atom. The molecule has 1 aliphatic carbocycles. The Balaban J connectivity index is 1.89. The van der Waals surface area contributed by atoms with Gasteiger partial charge in [-0.2, -0.15) is 5.10 Å². The summed E-state index contributed by atoms with van der Waals surface area (Å²) < 4.78 is 1.88. The first-order valence-electron chi connectivity index (χ1n) is 7.96. The van der Waals surface area contributed by atoms with Gasteiger partial charge in [-0.15, -0.1) is 0 Å². The second-order valence-electron chi connectivity index (χ2n) is 6.61. The topological polar surface area (TPSA) is 50.1 Å². The van der Waals surface area contributed by atoms with Crippen LogP contribution in [-0.2, 0) is 13.6 Å². The Morgan fingerprint density at radius 2 is 1.95 bits per heavy atom. The lowest BCUT2D eigenvalue weighted by atomic mass is 9.94. The first kappa shape index (κ1) is 15.5. The SMILES string of the molecule is CC(C)c1nn(C)cc1CNCC1(O)CCCCCC1. The van der Waals surface area contributed by atoms with Gasteiger partial charge in [-0.05, 0) is 18.8 Å². The Labute approximate surface area is 122 Å². The number of nitrogens with zero attached hydrogens (tertiary/aromatic N) is 2. The van der Waals surface area contributed by atoms with Crippen molar-refractivity contribution in [3.05, 3.63) is 17.5 Å². The van der Waals surface area contributed by atoms with E-state index < -0.39 is 5.60 Å². The van der Waals surface area contributed by atoms with Crippen LogP contribution in [-0.4, -0.2) is 27.0 Å². The molecule has 1 saturated carbocycles. The fourth-order valence-corrected chi connectivity index (χ4v) is 3.17. The average Bonchev–Trinajstić information content (AvgIpc) is 2.62. The number of hydrogen-bond donors (Lipinski definition) is 2. The summed E-state index contributed by atoms with van der Waals surface area (Å²) in [7, 11) is 1.97. The van der Waals surface area contributed by atoms with Crippen molar-refractivity contribution in [1.29, 1.82) is 0 Å². The molecule has 1 aliphatic rings. The van der Waals surface area contributed by atoms with Gasteiger partial charge in [-0.3, -0.25) is 4.68 Å². The molecule has 0 bridgehead atoms. The van der Waals surface area contributed by atoms with Crippen LogP contribution in [0.5, 0.6) is 0 Å². The van der Waals surface area contributed by atoms with Gasteiger partial charge in [-0.1, -0.05) is 39.5 Å². The van der Waals surface area contributed by atoms with E-state index in [9.17, 15) is 5.11 Å². The number of nitrogens with one attached hydrogen (secondary N) is 1. The molecular formula is C16H29N3O. The molecule has 1 aromatic rings. The fraction of sp³-hybridized carbons (Fsp3) is 0.812. The minimum Gasteiger partial charge on any atom is -0.389 e. The predicted molar refractivity (Wildman–Crippen MR) is 81.7 cm³/mol. The van der Waals surface area contributed by atoms with Crippen LogP contribution in [0, 0.1) is 0 Å². The van der Waals surface area contributed by atoms with Crippen LogP contribution >= 0.6 is 0 Å². The first-order valence-corrected chi connectivity index (χ1v) is 7.96. The highest BCUT2D eigenvalue weighted by Gasteiger charge is 2.27. The van der Waals surface area contributed by atoms with Gasteiger partial charge >= 0.3 is 0 Å². The lowest BCUT2D eigenvalue weighted by Gasteiger charge is -2.27. The Morgan fingerprint density at radius 3 is 2.55 bits per heavy atom. The molecular weight excluding hydrogens is 250 g/mol. The van der Waals surface area contributed by atoms with Crippen LogP contribution in [0.3, 0.4) is 0 Å². The molecule has 20 heavy (non-hydrogen) atoms. The van der Waals surface area contributed by atoms with Crippen LogP contribution < -0.4 is 5.32 Å². The lowest BCUT2D eigenvalue weighted by Crippen LogP contribution is -2.40. The van der Waals surface area contributed by atoms with E-state index in [-0.39, 0.29) is 0 Å². The van der Waals surface area contributed by atoms with Gasteiger partial charge < -0.3 is 10.4 Å². The molecule has 0 radical (unpaired) electrons. The molecule has 4 nitrogen and oxygen atoms in total. The number of aliphatic hydroxyl groups is 1. The molecule has 1 aromatic heterocycles. The smallest absolute Gasteiger partial charge is 0.0771 e. The van der Waals surface area contributed by atoms with Crippen LogP contribution in [0.15, 0.2) is 6.20 Å². The minimum atomic E-state index is -0.503. The Kier molecular flexibility index (Phi) is 5.22. The molecule has 1 fully saturated rings. The van der Waals surface area contributed by atoms with Crippen molar-refractivity contribution in [3.8, 4) is 0 Å². The third-order valence-electron chi connectivity index (χ3n) is 4.29. The monoisotopic (exact) mass is 279 g/mol. The van der Waals surface area contributed by atoms with Gasteiger partial charge in [0.15, 0.2) is 0 Å². The van der Waals surface area contributed by atoms with Crippen molar-refractivity contribution in [1.82, 2.24) is 15.1 Å². The third-order valence-corrected chi connectivity index (χ3v) is 4.29. The fourth-order valence-electron chi connectivity index (χ4n) is 3.17. The van der Waals surface area contributed by atoms with Gasteiger partial charge in [0.05, 0.1) is 11.3 Å². The summed E-state index contributed by atoms with van der Waals surface area (Å²) >= 11 is 0. The summed E-state index contributed by atoms with van der Waals surface area (Å²) in [6.07, 6.45) is 8.79. The van der Waals surface area contributed by atoms with Gasteiger partial charge in [0.2, 0.25) is 0 Å². The number of aromatic nitrogens is 2. The summed E-state index contributed by atoms with van der Waals surface area (Å²) in [4.78, 5) is 0. The van der Waals surface area contributed by atoms with Gasteiger partial charge in [0.1, 0.15) is 0 Å². The molecule has 1 heterocycles. The second kappa shape index (κ2) is 6.72. The maximum Gasteiger partial charge on any atom is 0.0771 e. The summed E-state index contributed by atoms with van der Waals surface area (Å²) in [6, 6.07) is 0. The standard InChI is InChI=1S/C16H29N3O/c1-13(2)15-14(11-19(3)18-15)10-17-12-16(20)8-6-4-5-7-9-16/h11,13,17,20H,4-10,12H2,1-3H3. The van der Waals surface area contributed by atoms with Gasteiger partial charge in [0, 0.05) is 31.9 Å². The second-order valence-corrected chi connectivity index (χ2v) is 6.61. The van der Waals surface area contributed by atoms with E-state index in [1.165, 1.54) is 18.4 Å². The highest BCUT2D eigenvalue weighted by atomic mass is 16.3. The summed E-state index contributed by atoms with van der Waals surface area (Å²) in [5, 5.41) is 18.6. The van der Waals surface area contributed by atoms with E-state index in [4.69, 9.17) is 0 Å². The Hall–Kier alpha value is -0.870. The molecule has 0 amide bonds. The highest BCUT2D eigenvalue weighted by molar-refractivity contribution is 5.20. The van der Waals surface area contributed by atoms with Crippen LogP contribution in [0.25, 0.3) is 0 Å². The van der Waals surface area contributed by atoms with E-state index >= 15 is 0 Å². The minimum absolute atomic E-state index is 0.439.